The molecule has 2 unspecified atom stereocenters. The summed E-state index contributed by atoms with van der Waals surface area (Å²) >= 11 is 0. The van der Waals surface area contributed by atoms with Crippen LogP contribution in [0.2, 0.25) is 0 Å². The molecule has 0 rings (SSSR count). The highest BCUT2D eigenvalue weighted by atomic mass is 16.6. The maximum Gasteiger partial charge on any atom is 0.362 e. The number of carboxylic acids is 1. The van der Waals surface area contributed by atoms with Gasteiger partial charge < -0.3 is 23.8 Å². The molecule has 0 fully saturated rings. The summed E-state index contributed by atoms with van der Waals surface area (Å²) in [5.74, 6) is -1.51. The van der Waals surface area contributed by atoms with Gasteiger partial charge in [-0.15, -0.1) is 0 Å². The fourth-order valence-corrected chi connectivity index (χ4v) is 6.05. The Labute approximate surface area is 319 Å². The number of likely N-dealkylation sites (N-methyl/N-ethyl adjacent to an activating group) is 1. The van der Waals surface area contributed by atoms with Crippen LogP contribution in [0.4, 0.5) is 0 Å². The summed E-state index contributed by atoms with van der Waals surface area (Å²) in [4.78, 5) is 36.9. The molecule has 0 aliphatic rings. The minimum atomic E-state index is -0.880. The van der Waals surface area contributed by atoms with E-state index in [4.69, 9.17) is 14.2 Å². The van der Waals surface area contributed by atoms with E-state index in [1.807, 2.05) is 21.1 Å². The lowest BCUT2D eigenvalue weighted by Crippen LogP contribution is -2.50. The van der Waals surface area contributed by atoms with Crippen molar-refractivity contribution in [3.05, 3.63) is 36.5 Å². The summed E-state index contributed by atoms with van der Waals surface area (Å²) in [7, 11) is 5.51. The van der Waals surface area contributed by atoms with Crippen LogP contribution in [0.1, 0.15) is 174 Å². The molecule has 0 aliphatic carbocycles. The van der Waals surface area contributed by atoms with Crippen molar-refractivity contribution in [1.29, 1.82) is 0 Å². The molecular formula is C44H80NO7+. The van der Waals surface area contributed by atoms with Crippen LogP contribution >= 0.6 is 0 Å². The Bertz CT molecular complexity index is 953. The molecule has 0 aromatic heterocycles. The van der Waals surface area contributed by atoms with Gasteiger partial charge in [-0.1, -0.05) is 147 Å². The number of carbonyl (C=O) groups is 3. The van der Waals surface area contributed by atoms with Crippen molar-refractivity contribution < 1.29 is 38.2 Å². The number of rotatable bonds is 37. The smallest absolute Gasteiger partial charge is 0.362 e. The predicted octanol–water partition coefficient (Wildman–Crippen LogP) is 11.1. The largest absolute Gasteiger partial charge is 0.477 e. The molecule has 52 heavy (non-hydrogen) atoms. The number of nitrogens with zero attached hydrogens (tertiary/aromatic N) is 1. The molecule has 0 aromatic carbocycles. The molecule has 0 spiro atoms. The van der Waals surface area contributed by atoms with E-state index in [9.17, 15) is 19.5 Å². The minimum absolute atomic E-state index is 0.0512. The van der Waals surface area contributed by atoms with Gasteiger partial charge in [0, 0.05) is 19.3 Å². The van der Waals surface area contributed by atoms with E-state index in [2.05, 4.69) is 50.3 Å². The Morgan fingerprint density at radius 2 is 1.08 bits per heavy atom. The van der Waals surface area contributed by atoms with Crippen LogP contribution in [0.25, 0.3) is 0 Å². The van der Waals surface area contributed by atoms with Crippen molar-refractivity contribution in [3.8, 4) is 0 Å². The number of carbonyl (C=O) groups excluding carboxylic acids is 2. The van der Waals surface area contributed by atoms with E-state index in [0.29, 0.717) is 19.3 Å². The van der Waals surface area contributed by atoms with Gasteiger partial charge in [0.15, 0.2) is 12.1 Å². The molecule has 0 bridgehead atoms. The second-order valence-electron chi connectivity index (χ2n) is 15.2. The Balaban J connectivity index is 4.39. The fourth-order valence-electron chi connectivity index (χ4n) is 6.05. The number of quaternary nitrogens is 1. The number of esters is 2. The molecule has 2 atom stereocenters. The van der Waals surface area contributed by atoms with E-state index in [1.165, 1.54) is 83.5 Å². The maximum absolute atomic E-state index is 12.7. The number of aliphatic carboxylic acids is 1. The van der Waals surface area contributed by atoms with E-state index in [-0.39, 0.29) is 36.2 Å². The first-order chi connectivity index (χ1) is 25.1. The average molecular weight is 735 g/mol. The van der Waals surface area contributed by atoms with Crippen LogP contribution in [-0.4, -0.2) is 80.6 Å². The lowest BCUT2D eigenvalue weighted by molar-refractivity contribution is -0.887. The number of hydrogen-bond acceptors (Lipinski definition) is 6. The summed E-state index contributed by atoms with van der Waals surface area (Å²) in [6.07, 6.45) is 39.1. The third-order valence-corrected chi connectivity index (χ3v) is 9.30. The SMILES string of the molecule is CC/C=C/C/C=C/C/C=C/CCCCC(=O)OCC(COCCC(C(=O)O)[N+](C)(C)C)OC(=O)CCCCCCCCCCCCCCCCCC. The molecule has 0 radical (unpaired) electrons. The zero-order valence-electron chi connectivity index (χ0n) is 34.3. The third-order valence-electron chi connectivity index (χ3n) is 9.30. The van der Waals surface area contributed by atoms with Crippen LogP contribution in [0.3, 0.4) is 0 Å². The highest BCUT2D eigenvalue weighted by Gasteiger charge is 2.31. The maximum atomic E-state index is 12.7. The second kappa shape index (κ2) is 35.6. The lowest BCUT2D eigenvalue weighted by Gasteiger charge is -2.31. The molecule has 8 nitrogen and oxygen atoms in total. The molecule has 0 aliphatic heterocycles. The van der Waals surface area contributed by atoms with E-state index < -0.39 is 18.1 Å². The Morgan fingerprint density at radius 1 is 0.596 bits per heavy atom. The zero-order chi connectivity index (χ0) is 38.5. The molecule has 8 heteroatoms. The molecule has 302 valence electrons. The predicted molar refractivity (Wildman–Crippen MR) is 215 cm³/mol. The molecule has 0 aromatic rings. The minimum Gasteiger partial charge on any atom is -0.477 e. The number of ether oxygens (including phenoxy) is 3. The molecular weight excluding hydrogens is 654 g/mol. The summed E-state index contributed by atoms with van der Waals surface area (Å²) < 4.78 is 17.2. The number of hydrogen-bond donors (Lipinski definition) is 1. The van der Waals surface area contributed by atoms with Gasteiger partial charge in [0.25, 0.3) is 0 Å². The molecule has 0 amide bonds. The molecule has 0 saturated carbocycles. The van der Waals surface area contributed by atoms with Crippen LogP contribution < -0.4 is 0 Å². The van der Waals surface area contributed by atoms with Crippen LogP contribution in [-0.2, 0) is 28.6 Å². The van der Waals surface area contributed by atoms with Gasteiger partial charge in [0.05, 0.1) is 34.4 Å². The third kappa shape index (κ3) is 33.4. The van der Waals surface area contributed by atoms with Crippen molar-refractivity contribution in [2.24, 2.45) is 0 Å². The fraction of sp³-hybridized carbons (Fsp3) is 0.795. The summed E-state index contributed by atoms with van der Waals surface area (Å²) in [5, 5.41) is 9.60. The Morgan fingerprint density at radius 3 is 1.60 bits per heavy atom. The first kappa shape index (κ1) is 49.6. The van der Waals surface area contributed by atoms with E-state index >= 15 is 0 Å². The number of unbranched alkanes of at least 4 members (excludes halogenated alkanes) is 17. The van der Waals surface area contributed by atoms with Crippen LogP contribution in [0, 0.1) is 0 Å². The monoisotopic (exact) mass is 735 g/mol. The first-order valence-electron chi connectivity index (χ1n) is 21.0. The summed E-state index contributed by atoms with van der Waals surface area (Å²) in [6, 6.07) is -0.618. The molecule has 1 N–H and O–H groups in total. The highest BCUT2D eigenvalue weighted by molar-refractivity contribution is 5.72. The second-order valence-corrected chi connectivity index (χ2v) is 15.2. The Hall–Kier alpha value is -2.45. The molecule has 0 heterocycles. The number of carboxylic acid groups (broad SMARTS) is 1. The quantitative estimate of drug-likeness (QED) is 0.0293. The van der Waals surface area contributed by atoms with Crippen molar-refractivity contribution in [1.82, 2.24) is 0 Å². The van der Waals surface area contributed by atoms with Gasteiger partial charge in [-0.3, -0.25) is 9.59 Å². The lowest BCUT2D eigenvalue weighted by atomic mass is 10.0. The van der Waals surface area contributed by atoms with Crippen LogP contribution in [0.15, 0.2) is 36.5 Å². The van der Waals surface area contributed by atoms with Crippen molar-refractivity contribution in [3.63, 3.8) is 0 Å². The van der Waals surface area contributed by atoms with Gasteiger partial charge in [-0.05, 0) is 44.9 Å². The zero-order valence-corrected chi connectivity index (χ0v) is 34.3. The summed E-state index contributed by atoms with van der Waals surface area (Å²) in [5.41, 5.74) is 0. The highest BCUT2D eigenvalue weighted by Crippen LogP contribution is 2.15. The van der Waals surface area contributed by atoms with Gasteiger partial charge in [-0.2, -0.15) is 0 Å². The van der Waals surface area contributed by atoms with Crippen molar-refractivity contribution in [2.75, 3.05) is 41.0 Å². The van der Waals surface area contributed by atoms with Crippen molar-refractivity contribution >= 4 is 17.9 Å². The summed E-state index contributed by atoms with van der Waals surface area (Å²) in [6.45, 7) is 4.58. The Kier molecular flexibility index (Phi) is 33.9. The topological polar surface area (TPSA) is 99.1 Å². The van der Waals surface area contributed by atoms with Gasteiger partial charge >= 0.3 is 17.9 Å². The van der Waals surface area contributed by atoms with Crippen molar-refractivity contribution in [2.45, 2.75) is 187 Å². The average Bonchev–Trinajstić information content (AvgIpc) is 3.09. The van der Waals surface area contributed by atoms with Crippen LogP contribution in [0.5, 0.6) is 0 Å². The normalized spacial score (nSPS) is 13.3. The van der Waals surface area contributed by atoms with Gasteiger partial charge in [0.2, 0.25) is 0 Å². The van der Waals surface area contributed by atoms with Gasteiger partial charge in [-0.25, -0.2) is 4.79 Å². The van der Waals surface area contributed by atoms with E-state index in [0.717, 1.165) is 57.8 Å². The van der Waals surface area contributed by atoms with E-state index in [1.54, 1.807) is 0 Å². The first-order valence-corrected chi connectivity index (χ1v) is 21.0. The standard InChI is InChI=1S/C44H79NO7/c1-6-8-10-12-14-16-18-20-21-22-23-25-27-29-31-33-35-43(47)52-40(38-50-37-36-41(44(48)49)45(3,4)5)39-51-42(46)34-32-30-28-26-24-19-17-15-13-11-9-7-2/h9,11,15,17,24,26,40-41H,6-8,10,12-14,16,18-23,25,27-39H2,1-5H3/p+1/b11-9+,17-15+,26-24+. The van der Waals surface area contributed by atoms with Gasteiger partial charge in [0.1, 0.15) is 6.61 Å². The molecule has 0 saturated heterocycles. The number of allylic oxidation sites excluding steroid dienone is 6.